The molecular formula is C31H28N2O. The number of hydrogen-bond acceptors (Lipinski definition) is 3. The van der Waals surface area contributed by atoms with Crippen LogP contribution in [0.1, 0.15) is 40.6 Å². The third kappa shape index (κ3) is 3.58. The van der Waals surface area contributed by atoms with Crippen molar-refractivity contribution in [3.05, 3.63) is 113 Å². The largest absolute Gasteiger partial charge is 0.496 e. The molecule has 0 radical (unpaired) electrons. The Bertz CT molecular complexity index is 1420. The van der Waals surface area contributed by atoms with E-state index in [0.717, 1.165) is 28.8 Å². The van der Waals surface area contributed by atoms with Crippen LogP contribution in [0.25, 0.3) is 10.8 Å². The SMILES string of the molecule is COc1ccc2ccccc2c1C=Nc1ccc([C@@H]2Nc3ccc(C)cc3[C@H]3C=CC[C@H]32)cc1. The standard InChI is InChI=1S/C31H28N2O/c1-20-10-16-29-27(18-20)25-8-5-9-26(25)31(33-29)22-11-14-23(15-12-22)32-19-28-24-7-4-3-6-21(24)13-17-30(28)34-2/h3-8,10-19,25-26,31,33H,9H2,1-2H3/t25-,26+,31-/m0/s1. The summed E-state index contributed by atoms with van der Waals surface area (Å²) < 4.78 is 5.61. The van der Waals surface area contributed by atoms with Gasteiger partial charge in [-0.1, -0.05) is 72.3 Å². The number of fused-ring (bicyclic) bond motifs is 4. The fourth-order valence-corrected chi connectivity index (χ4v) is 5.54. The molecule has 1 heterocycles. The number of nitrogens with zero attached hydrogens (tertiary/aromatic N) is 1. The number of methoxy groups -OCH3 is 1. The van der Waals surface area contributed by atoms with E-state index < -0.39 is 0 Å². The highest BCUT2D eigenvalue weighted by molar-refractivity contribution is 6.03. The van der Waals surface area contributed by atoms with Gasteiger partial charge in [0.05, 0.1) is 18.8 Å². The molecule has 3 heteroatoms. The Hall–Kier alpha value is -3.85. The molecule has 168 valence electrons. The molecule has 0 aromatic heterocycles. The Morgan fingerprint density at radius 2 is 1.82 bits per heavy atom. The van der Waals surface area contributed by atoms with Crippen molar-refractivity contribution in [1.82, 2.24) is 0 Å². The van der Waals surface area contributed by atoms with Crippen molar-refractivity contribution in [3.8, 4) is 5.75 Å². The monoisotopic (exact) mass is 444 g/mol. The fraction of sp³-hybridized carbons (Fsp3) is 0.194. The van der Waals surface area contributed by atoms with E-state index in [1.807, 2.05) is 12.3 Å². The maximum absolute atomic E-state index is 5.61. The molecule has 2 aliphatic rings. The van der Waals surface area contributed by atoms with Gasteiger partial charge in [-0.2, -0.15) is 0 Å². The van der Waals surface area contributed by atoms with E-state index in [2.05, 4.69) is 97.2 Å². The Kier molecular flexibility index (Phi) is 5.18. The number of hydrogen-bond donors (Lipinski definition) is 1. The van der Waals surface area contributed by atoms with Crippen LogP contribution in [-0.2, 0) is 0 Å². The summed E-state index contributed by atoms with van der Waals surface area (Å²) in [5.41, 5.74) is 7.26. The zero-order valence-corrected chi connectivity index (χ0v) is 19.5. The van der Waals surface area contributed by atoms with E-state index in [1.54, 1.807) is 7.11 Å². The second kappa shape index (κ2) is 8.49. The number of nitrogens with one attached hydrogen (secondary N) is 1. The molecule has 1 aliphatic carbocycles. The molecule has 4 aromatic carbocycles. The van der Waals surface area contributed by atoms with Gasteiger partial charge in [0.2, 0.25) is 0 Å². The van der Waals surface area contributed by atoms with Gasteiger partial charge in [-0.3, -0.25) is 4.99 Å². The van der Waals surface area contributed by atoms with E-state index in [-0.39, 0.29) is 0 Å². The molecule has 0 amide bonds. The van der Waals surface area contributed by atoms with Gasteiger partial charge in [-0.05, 0) is 65.4 Å². The summed E-state index contributed by atoms with van der Waals surface area (Å²) in [4.78, 5) is 4.80. The number of ether oxygens (including phenoxy) is 1. The second-order valence-corrected chi connectivity index (χ2v) is 9.32. The fourth-order valence-electron chi connectivity index (χ4n) is 5.54. The average molecular weight is 445 g/mol. The van der Waals surface area contributed by atoms with Crippen LogP contribution >= 0.6 is 0 Å². The molecule has 34 heavy (non-hydrogen) atoms. The molecule has 0 saturated carbocycles. The minimum absolute atomic E-state index is 0.298. The molecule has 1 aliphatic heterocycles. The van der Waals surface area contributed by atoms with Crippen LogP contribution in [0.15, 0.2) is 96.0 Å². The maximum atomic E-state index is 5.61. The summed E-state index contributed by atoms with van der Waals surface area (Å²) in [5, 5.41) is 6.15. The molecule has 6 rings (SSSR count). The first-order chi connectivity index (χ1) is 16.7. The van der Waals surface area contributed by atoms with E-state index in [1.165, 1.54) is 27.8 Å². The second-order valence-electron chi connectivity index (χ2n) is 9.32. The zero-order chi connectivity index (χ0) is 23.1. The molecule has 1 N–H and O–H groups in total. The lowest BCUT2D eigenvalue weighted by Crippen LogP contribution is -2.29. The van der Waals surface area contributed by atoms with Gasteiger partial charge in [-0.25, -0.2) is 0 Å². The van der Waals surface area contributed by atoms with Gasteiger partial charge < -0.3 is 10.1 Å². The summed E-state index contributed by atoms with van der Waals surface area (Å²) in [6.45, 7) is 2.17. The van der Waals surface area contributed by atoms with Gasteiger partial charge in [0.25, 0.3) is 0 Å². The minimum atomic E-state index is 0.298. The molecule has 0 unspecified atom stereocenters. The molecule has 3 nitrogen and oxygen atoms in total. The van der Waals surface area contributed by atoms with Crippen molar-refractivity contribution >= 4 is 28.4 Å². The van der Waals surface area contributed by atoms with Gasteiger partial charge in [0, 0.05) is 23.4 Å². The van der Waals surface area contributed by atoms with Crippen LogP contribution in [0.4, 0.5) is 11.4 Å². The van der Waals surface area contributed by atoms with E-state index in [9.17, 15) is 0 Å². The topological polar surface area (TPSA) is 33.6 Å². The summed E-state index contributed by atoms with van der Waals surface area (Å²) in [6.07, 6.45) is 7.77. The van der Waals surface area contributed by atoms with Crippen LogP contribution in [-0.4, -0.2) is 13.3 Å². The van der Waals surface area contributed by atoms with Crippen molar-refractivity contribution in [3.63, 3.8) is 0 Å². The van der Waals surface area contributed by atoms with Crippen LogP contribution in [0.5, 0.6) is 5.75 Å². The van der Waals surface area contributed by atoms with E-state index in [0.29, 0.717) is 17.9 Å². The Morgan fingerprint density at radius 1 is 0.971 bits per heavy atom. The Balaban J connectivity index is 1.29. The van der Waals surface area contributed by atoms with Crippen molar-refractivity contribution in [1.29, 1.82) is 0 Å². The van der Waals surface area contributed by atoms with Crippen molar-refractivity contribution in [2.75, 3.05) is 12.4 Å². The first kappa shape index (κ1) is 20.7. The maximum Gasteiger partial charge on any atom is 0.128 e. The lowest BCUT2D eigenvalue weighted by molar-refractivity contribution is 0.415. The number of aryl methyl sites for hydroxylation is 1. The number of allylic oxidation sites excluding steroid dienone is 2. The average Bonchev–Trinajstić information content (AvgIpc) is 3.38. The molecule has 0 fully saturated rings. The smallest absolute Gasteiger partial charge is 0.128 e. The van der Waals surface area contributed by atoms with Crippen LogP contribution in [0.3, 0.4) is 0 Å². The summed E-state index contributed by atoms with van der Waals surface area (Å²) in [6, 6.07) is 28.2. The minimum Gasteiger partial charge on any atom is -0.496 e. The highest BCUT2D eigenvalue weighted by Gasteiger charge is 2.37. The van der Waals surface area contributed by atoms with Gasteiger partial charge in [0.1, 0.15) is 5.75 Å². The predicted octanol–water partition coefficient (Wildman–Crippen LogP) is 7.73. The van der Waals surface area contributed by atoms with Gasteiger partial charge >= 0.3 is 0 Å². The highest BCUT2D eigenvalue weighted by atomic mass is 16.5. The Morgan fingerprint density at radius 3 is 2.68 bits per heavy atom. The molecule has 3 atom stereocenters. The lowest BCUT2D eigenvalue weighted by atomic mass is 9.76. The number of rotatable bonds is 4. The normalized spacial score (nSPS) is 20.8. The summed E-state index contributed by atoms with van der Waals surface area (Å²) >= 11 is 0. The van der Waals surface area contributed by atoms with Crippen LogP contribution < -0.4 is 10.1 Å². The van der Waals surface area contributed by atoms with Crippen molar-refractivity contribution in [2.45, 2.75) is 25.3 Å². The molecule has 0 spiro atoms. The third-order valence-electron chi connectivity index (χ3n) is 7.26. The quantitative estimate of drug-likeness (QED) is 0.258. The van der Waals surface area contributed by atoms with E-state index in [4.69, 9.17) is 9.73 Å². The number of aliphatic imine (C=N–C) groups is 1. The van der Waals surface area contributed by atoms with Gasteiger partial charge in [0.15, 0.2) is 0 Å². The first-order valence-corrected chi connectivity index (χ1v) is 11.9. The molecule has 0 saturated heterocycles. The van der Waals surface area contributed by atoms with E-state index >= 15 is 0 Å². The summed E-state index contributed by atoms with van der Waals surface area (Å²) in [7, 11) is 1.71. The number of anilines is 1. The molecule has 4 aromatic rings. The molecule has 0 bridgehead atoms. The third-order valence-corrected chi connectivity index (χ3v) is 7.26. The van der Waals surface area contributed by atoms with Crippen LogP contribution in [0.2, 0.25) is 0 Å². The summed E-state index contributed by atoms with van der Waals surface area (Å²) in [5.74, 6) is 1.86. The highest BCUT2D eigenvalue weighted by Crippen LogP contribution is 2.50. The van der Waals surface area contributed by atoms with Crippen molar-refractivity contribution < 1.29 is 4.74 Å². The predicted molar refractivity (Wildman–Crippen MR) is 142 cm³/mol. The van der Waals surface area contributed by atoms with Crippen LogP contribution in [0, 0.1) is 12.8 Å². The lowest BCUT2D eigenvalue weighted by Gasteiger charge is -2.37. The van der Waals surface area contributed by atoms with Crippen molar-refractivity contribution in [2.24, 2.45) is 10.9 Å². The Labute approximate surface area is 200 Å². The van der Waals surface area contributed by atoms with Gasteiger partial charge in [-0.15, -0.1) is 0 Å². The molecular weight excluding hydrogens is 416 g/mol. The number of benzene rings is 4. The first-order valence-electron chi connectivity index (χ1n) is 11.9. The zero-order valence-electron chi connectivity index (χ0n) is 19.5.